The Labute approximate surface area is 85.3 Å². The SMILES string of the molecule is CCCNC(=O)C1CC1C(=O)C(C)C. The summed E-state index contributed by atoms with van der Waals surface area (Å²) in [6.07, 6.45) is 1.70. The van der Waals surface area contributed by atoms with Crippen molar-refractivity contribution in [3.05, 3.63) is 0 Å². The Hall–Kier alpha value is -0.860. The summed E-state index contributed by atoms with van der Waals surface area (Å²) >= 11 is 0. The zero-order valence-corrected chi connectivity index (χ0v) is 9.17. The van der Waals surface area contributed by atoms with Crippen LogP contribution in [0.3, 0.4) is 0 Å². The van der Waals surface area contributed by atoms with E-state index in [0.29, 0.717) is 0 Å². The lowest BCUT2D eigenvalue weighted by atomic mass is 10.0. The van der Waals surface area contributed by atoms with Crippen molar-refractivity contribution in [1.82, 2.24) is 5.32 Å². The molecule has 2 unspecified atom stereocenters. The molecular formula is C11H19NO2. The molecule has 0 spiro atoms. The van der Waals surface area contributed by atoms with Crippen LogP contribution in [0, 0.1) is 17.8 Å². The van der Waals surface area contributed by atoms with Crippen LogP contribution < -0.4 is 5.32 Å². The lowest BCUT2D eigenvalue weighted by molar-refractivity contribution is -0.127. The van der Waals surface area contributed by atoms with Gasteiger partial charge in [-0.1, -0.05) is 20.8 Å². The Morgan fingerprint density at radius 1 is 1.36 bits per heavy atom. The first-order valence-electron chi connectivity index (χ1n) is 5.39. The zero-order valence-electron chi connectivity index (χ0n) is 9.17. The Morgan fingerprint density at radius 2 is 2.00 bits per heavy atom. The molecule has 80 valence electrons. The highest BCUT2D eigenvalue weighted by Gasteiger charge is 2.47. The fourth-order valence-corrected chi connectivity index (χ4v) is 1.61. The first-order valence-corrected chi connectivity index (χ1v) is 5.39. The zero-order chi connectivity index (χ0) is 10.7. The molecule has 0 aromatic heterocycles. The molecule has 0 aromatic rings. The molecule has 3 nitrogen and oxygen atoms in total. The Kier molecular flexibility index (Phi) is 3.67. The molecule has 1 amide bonds. The molecule has 0 aliphatic heterocycles. The summed E-state index contributed by atoms with van der Waals surface area (Å²) in [5, 5.41) is 2.83. The topological polar surface area (TPSA) is 46.2 Å². The number of nitrogens with one attached hydrogen (secondary N) is 1. The highest BCUT2D eigenvalue weighted by Crippen LogP contribution is 2.40. The van der Waals surface area contributed by atoms with Gasteiger partial charge in [0.2, 0.25) is 5.91 Å². The number of Topliss-reactive ketones (excluding diaryl/α,β-unsaturated/α-hetero) is 1. The van der Waals surface area contributed by atoms with Crippen molar-refractivity contribution < 1.29 is 9.59 Å². The summed E-state index contributed by atoms with van der Waals surface area (Å²) in [6, 6.07) is 0. The van der Waals surface area contributed by atoms with E-state index in [4.69, 9.17) is 0 Å². The van der Waals surface area contributed by atoms with Crippen LogP contribution in [-0.2, 0) is 9.59 Å². The lowest BCUT2D eigenvalue weighted by Crippen LogP contribution is -2.27. The summed E-state index contributed by atoms with van der Waals surface area (Å²) < 4.78 is 0. The van der Waals surface area contributed by atoms with Crippen molar-refractivity contribution in [2.45, 2.75) is 33.6 Å². The normalized spacial score (nSPS) is 24.9. The first kappa shape index (κ1) is 11.2. The number of amides is 1. The smallest absolute Gasteiger partial charge is 0.223 e. The molecule has 2 atom stereocenters. The van der Waals surface area contributed by atoms with Crippen molar-refractivity contribution in [3.63, 3.8) is 0 Å². The van der Waals surface area contributed by atoms with Crippen molar-refractivity contribution in [1.29, 1.82) is 0 Å². The van der Waals surface area contributed by atoms with Crippen molar-refractivity contribution >= 4 is 11.7 Å². The van der Waals surface area contributed by atoms with Gasteiger partial charge < -0.3 is 5.32 Å². The van der Waals surface area contributed by atoms with Gasteiger partial charge in [0.25, 0.3) is 0 Å². The van der Waals surface area contributed by atoms with E-state index < -0.39 is 0 Å². The van der Waals surface area contributed by atoms with Gasteiger partial charge in [0, 0.05) is 24.3 Å². The molecule has 1 aliphatic carbocycles. The molecule has 14 heavy (non-hydrogen) atoms. The predicted octanol–water partition coefficient (Wildman–Crippen LogP) is 1.37. The summed E-state index contributed by atoms with van der Waals surface area (Å²) in [5.41, 5.74) is 0. The van der Waals surface area contributed by atoms with Crippen molar-refractivity contribution in [2.75, 3.05) is 6.54 Å². The van der Waals surface area contributed by atoms with Crippen LogP contribution in [-0.4, -0.2) is 18.2 Å². The van der Waals surface area contributed by atoms with Gasteiger partial charge in [0.05, 0.1) is 0 Å². The molecule has 1 rings (SSSR count). The van der Waals surface area contributed by atoms with Crippen LogP contribution in [0.1, 0.15) is 33.6 Å². The van der Waals surface area contributed by atoms with Crippen LogP contribution in [0.2, 0.25) is 0 Å². The van der Waals surface area contributed by atoms with Gasteiger partial charge in [-0.15, -0.1) is 0 Å². The highest BCUT2D eigenvalue weighted by molar-refractivity contribution is 5.94. The number of rotatable bonds is 5. The van der Waals surface area contributed by atoms with Gasteiger partial charge in [0.1, 0.15) is 5.78 Å². The van der Waals surface area contributed by atoms with Crippen LogP contribution in [0.5, 0.6) is 0 Å². The van der Waals surface area contributed by atoms with Crippen LogP contribution in [0.15, 0.2) is 0 Å². The van der Waals surface area contributed by atoms with E-state index in [9.17, 15) is 9.59 Å². The van der Waals surface area contributed by atoms with Crippen molar-refractivity contribution in [3.8, 4) is 0 Å². The van der Waals surface area contributed by atoms with Gasteiger partial charge in [0.15, 0.2) is 0 Å². The predicted molar refractivity (Wildman–Crippen MR) is 54.7 cm³/mol. The lowest BCUT2D eigenvalue weighted by Gasteiger charge is -2.04. The molecule has 0 heterocycles. The van der Waals surface area contributed by atoms with Crippen molar-refractivity contribution in [2.24, 2.45) is 17.8 Å². The van der Waals surface area contributed by atoms with E-state index in [-0.39, 0.29) is 29.4 Å². The van der Waals surface area contributed by atoms with Crippen LogP contribution >= 0.6 is 0 Å². The fraction of sp³-hybridized carbons (Fsp3) is 0.818. The van der Waals surface area contributed by atoms with Gasteiger partial charge in [-0.05, 0) is 12.8 Å². The molecule has 0 bridgehead atoms. The minimum Gasteiger partial charge on any atom is -0.356 e. The standard InChI is InChI=1S/C11H19NO2/c1-4-5-12-11(14)9-6-8(9)10(13)7(2)3/h7-9H,4-6H2,1-3H3,(H,12,14). The monoisotopic (exact) mass is 197 g/mol. The maximum absolute atomic E-state index is 11.5. The molecular weight excluding hydrogens is 178 g/mol. The third-order valence-electron chi connectivity index (χ3n) is 2.61. The quantitative estimate of drug-likeness (QED) is 0.723. The van der Waals surface area contributed by atoms with E-state index in [1.54, 1.807) is 0 Å². The van der Waals surface area contributed by atoms with Crippen LogP contribution in [0.25, 0.3) is 0 Å². The summed E-state index contributed by atoms with van der Waals surface area (Å²) in [5.74, 6) is 0.333. The maximum Gasteiger partial charge on any atom is 0.223 e. The maximum atomic E-state index is 11.5. The summed E-state index contributed by atoms with van der Waals surface area (Å²) in [6.45, 7) is 6.52. The van der Waals surface area contributed by atoms with E-state index in [2.05, 4.69) is 5.32 Å². The van der Waals surface area contributed by atoms with Gasteiger partial charge in [-0.25, -0.2) is 0 Å². The average molecular weight is 197 g/mol. The number of carbonyl (C=O) groups is 2. The Morgan fingerprint density at radius 3 is 2.50 bits per heavy atom. The Balaban J connectivity index is 2.31. The van der Waals surface area contributed by atoms with E-state index in [1.807, 2.05) is 20.8 Å². The third-order valence-corrected chi connectivity index (χ3v) is 2.61. The third kappa shape index (κ3) is 2.56. The van der Waals surface area contributed by atoms with Gasteiger partial charge >= 0.3 is 0 Å². The highest BCUT2D eigenvalue weighted by atomic mass is 16.2. The van der Waals surface area contributed by atoms with E-state index in [0.717, 1.165) is 19.4 Å². The van der Waals surface area contributed by atoms with E-state index >= 15 is 0 Å². The first-order chi connectivity index (χ1) is 6.57. The molecule has 0 radical (unpaired) electrons. The number of hydrogen-bond acceptors (Lipinski definition) is 2. The van der Waals surface area contributed by atoms with Gasteiger partial charge in [-0.3, -0.25) is 9.59 Å². The largest absolute Gasteiger partial charge is 0.356 e. The second-order valence-corrected chi connectivity index (χ2v) is 4.30. The number of ketones is 1. The number of hydrogen-bond donors (Lipinski definition) is 1. The van der Waals surface area contributed by atoms with E-state index in [1.165, 1.54) is 0 Å². The molecule has 1 saturated carbocycles. The second-order valence-electron chi connectivity index (χ2n) is 4.30. The van der Waals surface area contributed by atoms with Crippen LogP contribution in [0.4, 0.5) is 0 Å². The molecule has 3 heteroatoms. The molecule has 1 aliphatic rings. The van der Waals surface area contributed by atoms with Gasteiger partial charge in [-0.2, -0.15) is 0 Å². The minimum atomic E-state index is -0.0311. The molecule has 0 saturated heterocycles. The molecule has 0 aromatic carbocycles. The number of carbonyl (C=O) groups excluding carboxylic acids is 2. The molecule has 1 fully saturated rings. The second kappa shape index (κ2) is 4.58. The minimum absolute atomic E-state index is 0.00635. The molecule has 1 N–H and O–H groups in total. The summed E-state index contributed by atoms with van der Waals surface area (Å²) in [7, 11) is 0. The fourth-order valence-electron chi connectivity index (χ4n) is 1.61. The summed E-state index contributed by atoms with van der Waals surface area (Å²) in [4.78, 5) is 23.0. The average Bonchev–Trinajstić information content (AvgIpc) is 2.92. The Bertz CT molecular complexity index is 235.